The fourth-order valence-electron chi connectivity index (χ4n) is 6.51. The monoisotopic (exact) mass is 347 g/mol. The van der Waals surface area contributed by atoms with E-state index in [4.69, 9.17) is 0 Å². The lowest BCUT2D eigenvalue weighted by atomic mass is 9.59. The molecule has 146 valence electrons. The van der Waals surface area contributed by atoms with Gasteiger partial charge in [0, 0.05) is 13.1 Å². The molecule has 0 aromatic rings. The number of unbranched alkanes of at least 4 members (excludes halogenated alkanes) is 1. The van der Waals surface area contributed by atoms with E-state index < -0.39 is 0 Å². The summed E-state index contributed by atoms with van der Waals surface area (Å²) in [6.07, 6.45) is 16.7. The van der Waals surface area contributed by atoms with Crippen molar-refractivity contribution in [2.24, 2.45) is 41.4 Å². The highest BCUT2D eigenvalue weighted by atomic mass is 15.1. The lowest BCUT2D eigenvalue weighted by molar-refractivity contribution is 0.0415. The first-order chi connectivity index (χ1) is 12.1. The standard InChI is InChI=1S/C24H45N/c1-5-18(2)23-14-13-20(15-24(23)21-11-8-12-21)9-6-7-10-22-17-25(4)16-19(22)3/h18-24H,5-17H2,1-4H3. The summed E-state index contributed by atoms with van der Waals surface area (Å²) < 4.78 is 0. The van der Waals surface area contributed by atoms with E-state index >= 15 is 0 Å². The molecule has 1 heterocycles. The van der Waals surface area contributed by atoms with E-state index in [2.05, 4.69) is 32.7 Å². The lowest BCUT2D eigenvalue weighted by Gasteiger charge is -2.46. The van der Waals surface area contributed by atoms with Crippen molar-refractivity contribution in [3.05, 3.63) is 0 Å². The van der Waals surface area contributed by atoms with Crippen LogP contribution in [0.4, 0.5) is 0 Å². The summed E-state index contributed by atoms with van der Waals surface area (Å²) in [6, 6.07) is 0. The molecule has 3 rings (SSSR count). The molecule has 25 heavy (non-hydrogen) atoms. The summed E-state index contributed by atoms with van der Waals surface area (Å²) >= 11 is 0. The van der Waals surface area contributed by atoms with Crippen molar-refractivity contribution in [1.82, 2.24) is 4.90 Å². The maximum absolute atomic E-state index is 2.54. The minimum Gasteiger partial charge on any atom is -0.306 e. The molecule has 6 atom stereocenters. The molecule has 0 aromatic carbocycles. The van der Waals surface area contributed by atoms with Crippen molar-refractivity contribution in [2.75, 3.05) is 20.1 Å². The van der Waals surface area contributed by atoms with Gasteiger partial charge in [0.25, 0.3) is 0 Å². The van der Waals surface area contributed by atoms with Crippen LogP contribution in [0.2, 0.25) is 0 Å². The molecular formula is C24H45N. The molecule has 0 spiro atoms. The molecule has 0 aromatic heterocycles. The zero-order chi connectivity index (χ0) is 17.8. The van der Waals surface area contributed by atoms with Gasteiger partial charge in [-0.15, -0.1) is 0 Å². The second kappa shape index (κ2) is 9.25. The van der Waals surface area contributed by atoms with Crippen LogP contribution in [0.25, 0.3) is 0 Å². The van der Waals surface area contributed by atoms with Gasteiger partial charge in [0.15, 0.2) is 0 Å². The topological polar surface area (TPSA) is 3.24 Å². The minimum atomic E-state index is 0.930. The first-order valence-corrected chi connectivity index (χ1v) is 11.8. The SMILES string of the molecule is CCC(C)C1CCC(CCCCC2CN(C)CC2C)CC1C1CCC1. The van der Waals surface area contributed by atoms with Gasteiger partial charge in [-0.2, -0.15) is 0 Å². The van der Waals surface area contributed by atoms with Gasteiger partial charge >= 0.3 is 0 Å². The zero-order valence-corrected chi connectivity index (χ0v) is 17.7. The predicted octanol–water partition coefficient (Wildman–Crippen LogP) is 6.62. The molecule has 6 unspecified atom stereocenters. The molecule has 2 aliphatic carbocycles. The van der Waals surface area contributed by atoms with Crippen LogP contribution in [0.5, 0.6) is 0 Å². The van der Waals surface area contributed by atoms with E-state index in [1.165, 1.54) is 51.6 Å². The van der Waals surface area contributed by atoms with Crippen molar-refractivity contribution in [1.29, 1.82) is 0 Å². The molecule has 3 aliphatic rings. The summed E-state index contributed by atoms with van der Waals surface area (Å²) in [5.74, 6) is 7.19. The first-order valence-electron chi connectivity index (χ1n) is 11.8. The van der Waals surface area contributed by atoms with E-state index in [0.717, 1.165) is 41.4 Å². The Hall–Kier alpha value is -0.0400. The summed E-state index contributed by atoms with van der Waals surface area (Å²) in [5, 5.41) is 0. The highest BCUT2D eigenvalue weighted by Crippen LogP contribution is 2.49. The van der Waals surface area contributed by atoms with Gasteiger partial charge in [-0.05, 0) is 67.7 Å². The van der Waals surface area contributed by atoms with Crippen LogP contribution in [-0.2, 0) is 0 Å². The van der Waals surface area contributed by atoms with Gasteiger partial charge in [0.1, 0.15) is 0 Å². The molecule has 1 nitrogen and oxygen atoms in total. The summed E-state index contributed by atoms with van der Waals surface area (Å²) in [7, 11) is 2.30. The van der Waals surface area contributed by atoms with E-state index in [1.807, 2.05) is 0 Å². The van der Waals surface area contributed by atoms with Crippen molar-refractivity contribution in [2.45, 2.75) is 91.4 Å². The van der Waals surface area contributed by atoms with Crippen LogP contribution in [0.3, 0.4) is 0 Å². The van der Waals surface area contributed by atoms with E-state index in [9.17, 15) is 0 Å². The second-order valence-electron chi connectivity index (χ2n) is 10.3. The Morgan fingerprint density at radius 1 is 1.00 bits per heavy atom. The number of likely N-dealkylation sites (tertiary alicyclic amines) is 1. The van der Waals surface area contributed by atoms with E-state index in [1.54, 1.807) is 32.1 Å². The van der Waals surface area contributed by atoms with Gasteiger partial charge in [0.2, 0.25) is 0 Å². The summed E-state index contributed by atoms with van der Waals surface area (Å²) in [5.41, 5.74) is 0. The van der Waals surface area contributed by atoms with Crippen LogP contribution in [0.15, 0.2) is 0 Å². The molecule has 2 saturated carbocycles. The van der Waals surface area contributed by atoms with Crippen molar-refractivity contribution in [3.8, 4) is 0 Å². The molecule has 0 bridgehead atoms. The van der Waals surface area contributed by atoms with Crippen molar-refractivity contribution >= 4 is 0 Å². The molecule has 1 aliphatic heterocycles. The average Bonchev–Trinajstić information content (AvgIpc) is 2.87. The molecule has 1 saturated heterocycles. The molecule has 3 fully saturated rings. The zero-order valence-electron chi connectivity index (χ0n) is 17.7. The maximum atomic E-state index is 2.54. The lowest BCUT2D eigenvalue weighted by Crippen LogP contribution is -2.36. The Morgan fingerprint density at radius 2 is 1.76 bits per heavy atom. The Bertz CT molecular complexity index is 388. The van der Waals surface area contributed by atoms with Crippen LogP contribution >= 0.6 is 0 Å². The third-order valence-corrected chi connectivity index (χ3v) is 8.58. The Balaban J connectivity index is 1.40. The van der Waals surface area contributed by atoms with Gasteiger partial charge in [-0.1, -0.05) is 72.1 Å². The fourth-order valence-corrected chi connectivity index (χ4v) is 6.51. The number of rotatable bonds is 8. The van der Waals surface area contributed by atoms with Gasteiger partial charge in [-0.3, -0.25) is 0 Å². The number of nitrogens with zero attached hydrogens (tertiary/aromatic N) is 1. The Morgan fingerprint density at radius 3 is 2.36 bits per heavy atom. The van der Waals surface area contributed by atoms with Gasteiger partial charge < -0.3 is 4.90 Å². The summed E-state index contributed by atoms with van der Waals surface area (Å²) in [4.78, 5) is 2.54. The highest BCUT2D eigenvalue weighted by Gasteiger charge is 2.39. The fraction of sp³-hybridized carbons (Fsp3) is 1.00. The summed E-state index contributed by atoms with van der Waals surface area (Å²) in [6.45, 7) is 10.1. The molecule has 0 amide bonds. The van der Waals surface area contributed by atoms with Gasteiger partial charge in [-0.25, -0.2) is 0 Å². The third kappa shape index (κ3) is 5.02. The quantitative estimate of drug-likeness (QED) is 0.446. The largest absolute Gasteiger partial charge is 0.306 e. The number of hydrogen-bond acceptors (Lipinski definition) is 1. The maximum Gasteiger partial charge on any atom is 0.000975 e. The van der Waals surface area contributed by atoms with Crippen LogP contribution in [0.1, 0.15) is 91.4 Å². The smallest absolute Gasteiger partial charge is 0.000975 e. The van der Waals surface area contributed by atoms with Crippen LogP contribution < -0.4 is 0 Å². The molecule has 0 N–H and O–H groups in total. The predicted molar refractivity (Wildman–Crippen MR) is 110 cm³/mol. The Labute approximate surface area is 158 Å². The third-order valence-electron chi connectivity index (χ3n) is 8.58. The average molecular weight is 348 g/mol. The van der Waals surface area contributed by atoms with Crippen molar-refractivity contribution < 1.29 is 0 Å². The molecule has 0 radical (unpaired) electrons. The molecule has 1 heteroatoms. The van der Waals surface area contributed by atoms with E-state index in [0.29, 0.717) is 0 Å². The van der Waals surface area contributed by atoms with Crippen LogP contribution in [-0.4, -0.2) is 25.0 Å². The van der Waals surface area contributed by atoms with Gasteiger partial charge in [0.05, 0.1) is 0 Å². The highest BCUT2D eigenvalue weighted by molar-refractivity contribution is 4.89. The minimum absolute atomic E-state index is 0.930. The first kappa shape index (κ1) is 19.7. The normalized spacial score (nSPS) is 38.6. The second-order valence-corrected chi connectivity index (χ2v) is 10.3. The van der Waals surface area contributed by atoms with Crippen LogP contribution in [0, 0.1) is 41.4 Å². The van der Waals surface area contributed by atoms with E-state index in [-0.39, 0.29) is 0 Å². The Kier molecular flexibility index (Phi) is 7.29. The molecular weight excluding hydrogens is 302 g/mol. The van der Waals surface area contributed by atoms with Crippen molar-refractivity contribution in [3.63, 3.8) is 0 Å². The number of hydrogen-bond donors (Lipinski definition) is 0.